The molecule has 0 radical (unpaired) electrons. The molecule has 0 aromatic heterocycles. The van der Waals surface area contributed by atoms with Crippen LogP contribution in [0.25, 0.3) is 0 Å². The van der Waals surface area contributed by atoms with Crippen LogP contribution in [-0.4, -0.2) is 5.78 Å². The molecular formula is C10H12O. The lowest BCUT2D eigenvalue weighted by Gasteiger charge is -2.10. The molecule has 0 atom stereocenters. The fraction of sp³-hybridized carbons (Fsp3) is 0.500. The van der Waals surface area contributed by atoms with Gasteiger partial charge < -0.3 is 0 Å². The second kappa shape index (κ2) is 2.33. The standard InChI is InChI=1S/C10H12O/c1-7-2-3-8-4-5-10(11)9(8)6-7/h6H,2-5H2,1H3. The Bertz CT molecular complexity index is 269. The molecule has 0 saturated heterocycles. The summed E-state index contributed by atoms with van der Waals surface area (Å²) in [4.78, 5) is 11.3. The zero-order chi connectivity index (χ0) is 7.84. The zero-order valence-corrected chi connectivity index (χ0v) is 6.81. The van der Waals surface area contributed by atoms with E-state index in [2.05, 4.69) is 13.0 Å². The summed E-state index contributed by atoms with van der Waals surface area (Å²) in [5.74, 6) is 0.360. The highest BCUT2D eigenvalue weighted by Crippen LogP contribution is 2.33. The summed E-state index contributed by atoms with van der Waals surface area (Å²) >= 11 is 0. The van der Waals surface area contributed by atoms with E-state index < -0.39 is 0 Å². The minimum absolute atomic E-state index is 0.360. The van der Waals surface area contributed by atoms with Crippen molar-refractivity contribution in [3.05, 3.63) is 22.8 Å². The van der Waals surface area contributed by atoms with Crippen LogP contribution in [0.5, 0.6) is 0 Å². The molecule has 1 heteroatoms. The maximum absolute atomic E-state index is 11.3. The molecule has 2 aliphatic rings. The Morgan fingerprint density at radius 1 is 1.18 bits per heavy atom. The van der Waals surface area contributed by atoms with Crippen LogP contribution in [0.15, 0.2) is 22.8 Å². The van der Waals surface area contributed by atoms with Crippen LogP contribution in [0.1, 0.15) is 32.6 Å². The maximum atomic E-state index is 11.3. The molecule has 0 fully saturated rings. The molecule has 58 valence electrons. The molecule has 0 aromatic carbocycles. The molecule has 0 amide bonds. The molecule has 0 aliphatic heterocycles. The van der Waals surface area contributed by atoms with Gasteiger partial charge in [0.05, 0.1) is 0 Å². The number of hydrogen-bond donors (Lipinski definition) is 0. The summed E-state index contributed by atoms with van der Waals surface area (Å²) in [6, 6.07) is 0. The Morgan fingerprint density at radius 2 is 1.91 bits per heavy atom. The van der Waals surface area contributed by atoms with Gasteiger partial charge in [-0.05, 0) is 26.2 Å². The van der Waals surface area contributed by atoms with Crippen molar-refractivity contribution in [2.45, 2.75) is 32.6 Å². The van der Waals surface area contributed by atoms with Gasteiger partial charge in [-0.15, -0.1) is 0 Å². The number of carbonyl (C=O) groups is 1. The lowest BCUT2D eigenvalue weighted by Crippen LogP contribution is -1.98. The normalized spacial score (nSPS) is 23.7. The molecule has 0 bridgehead atoms. The number of Topliss-reactive ketones (excluding diaryl/α,β-unsaturated/α-hetero) is 1. The Kier molecular flexibility index (Phi) is 1.45. The highest BCUT2D eigenvalue weighted by molar-refractivity contribution is 6.01. The largest absolute Gasteiger partial charge is 0.294 e. The summed E-state index contributed by atoms with van der Waals surface area (Å²) in [6.45, 7) is 2.11. The number of carbonyl (C=O) groups excluding carboxylic acids is 1. The Hall–Kier alpha value is -0.850. The molecule has 2 rings (SSSR count). The quantitative estimate of drug-likeness (QED) is 0.515. The van der Waals surface area contributed by atoms with Crippen LogP contribution >= 0.6 is 0 Å². The summed E-state index contributed by atoms with van der Waals surface area (Å²) in [7, 11) is 0. The van der Waals surface area contributed by atoms with Gasteiger partial charge in [0, 0.05) is 12.0 Å². The molecule has 0 N–H and O–H groups in total. The van der Waals surface area contributed by atoms with Gasteiger partial charge in [-0.25, -0.2) is 0 Å². The fourth-order valence-corrected chi connectivity index (χ4v) is 1.84. The first kappa shape index (κ1) is 6.84. The highest BCUT2D eigenvalue weighted by atomic mass is 16.1. The van der Waals surface area contributed by atoms with Gasteiger partial charge in [0.2, 0.25) is 0 Å². The van der Waals surface area contributed by atoms with E-state index in [1.807, 2.05) is 0 Å². The molecule has 0 spiro atoms. The monoisotopic (exact) mass is 148 g/mol. The van der Waals surface area contributed by atoms with Crippen molar-refractivity contribution >= 4 is 5.78 Å². The maximum Gasteiger partial charge on any atom is 0.163 e. The lowest BCUT2D eigenvalue weighted by atomic mass is 9.95. The third kappa shape index (κ3) is 1.05. The second-order valence-electron chi connectivity index (χ2n) is 3.43. The predicted octanol–water partition coefficient (Wildman–Crippen LogP) is 2.39. The third-order valence-corrected chi connectivity index (χ3v) is 2.55. The molecule has 11 heavy (non-hydrogen) atoms. The molecular weight excluding hydrogens is 136 g/mol. The average Bonchev–Trinajstić information content (AvgIpc) is 2.33. The lowest BCUT2D eigenvalue weighted by molar-refractivity contribution is -0.114. The fourth-order valence-electron chi connectivity index (χ4n) is 1.84. The van der Waals surface area contributed by atoms with Crippen molar-refractivity contribution in [1.82, 2.24) is 0 Å². The smallest absolute Gasteiger partial charge is 0.163 e. The van der Waals surface area contributed by atoms with Gasteiger partial charge in [-0.2, -0.15) is 0 Å². The van der Waals surface area contributed by atoms with Crippen LogP contribution in [-0.2, 0) is 4.79 Å². The van der Waals surface area contributed by atoms with Gasteiger partial charge >= 0.3 is 0 Å². The van der Waals surface area contributed by atoms with E-state index in [1.54, 1.807) is 0 Å². The van der Waals surface area contributed by atoms with Crippen molar-refractivity contribution in [2.24, 2.45) is 0 Å². The summed E-state index contributed by atoms with van der Waals surface area (Å²) in [6.07, 6.45) is 6.15. The molecule has 0 saturated carbocycles. The van der Waals surface area contributed by atoms with E-state index in [-0.39, 0.29) is 0 Å². The zero-order valence-electron chi connectivity index (χ0n) is 6.81. The minimum atomic E-state index is 0.360. The van der Waals surface area contributed by atoms with Crippen LogP contribution in [0.2, 0.25) is 0 Å². The molecule has 2 aliphatic carbocycles. The average molecular weight is 148 g/mol. The molecule has 0 aromatic rings. The second-order valence-corrected chi connectivity index (χ2v) is 3.43. The summed E-state index contributed by atoms with van der Waals surface area (Å²) in [5.41, 5.74) is 3.80. The minimum Gasteiger partial charge on any atom is -0.294 e. The van der Waals surface area contributed by atoms with Crippen molar-refractivity contribution in [1.29, 1.82) is 0 Å². The number of ketones is 1. The van der Waals surface area contributed by atoms with Crippen molar-refractivity contribution in [2.75, 3.05) is 0 Å². The van der Waals surface area contributed by atoms with E-state index >= 15 is 0 Å². The van der Waals surface area contributed by atoms with E-state index in [0.717, 1.165) is 31.3 Å². The van der Waals surface area contributed by atoms with Gasteiger partial charge in [0.15, 0.2) is 5.78 Å². The Labute approximate surface area is 66.8 Å². The summed E-state index contributed by atoms with van der Waals surface area (Å²) in [5, 5.41) is 0. The van der Waals surface area contributed by atoms with Gasteiger partial charge in [0.1, 0.15) is 0 Å². The van der Waals surface area contributed by atoms with Crippen molar-refractivity contribution < 1.29 is 4.79 Å². The summed E-state index contributed by atoms with van der Waals surface area (Å²) < 4.78 is 0. The van der Waals surface area contributed by atoms with Crippen LogP contribution in [0, 0.1) is 0 Å². The van der Waals surface area contributed by atoms with Crippen LogP contribution in [0.3, 0.4) is 0 Å². The van der Waals surface area contributed by atoms with Crippen molar-refractivity contribution in [3.8, 4) is 0 Å². The number of rotatable bonds is 0. The van der Waals surface area contributed by atoms with Crippen molar-refractivity contribution in [3.63, 3.8) is 0 Å². The van der Waals surface area contributed by atoms with E-state index in [9.17, 15) is 4.79 Å². The first-order valence-electron chi connectivity index (χ1n) is 4.20. The van der Waals surface area contributed by atoms with Crippen LogP contribution in [0.4, 0.5) is 0 Å². The molecule has 0 heterocycles. The Morgan fingerprint density at radius 3 is 2.73 bits per heavy atom. The highest BCUT2D eigenvalue weighted by Gasteiger charge is 2.23. The SMILES string of the molecule is CC1=CC2=C(CCC2=O)CC1. The van der Waals surface area contributed by atoms with Gasteiger partial charge in [0.25, 0.3) is 0 Å². The topological polar surface area (TPSA) is 17.1 Å². The van der Waals surface area contributed by atoms with Gasteiger partial charge in [-0.1, -0.05) is 17.2 Å². The first-order chi connectivity index (χ1) is 5.27. The molecule has 0 unspecified atom stereocenters. The molecule has 1 nitrogen and oxygen atoms in total. The van der Waals surface area contributed by atoms with Crippen LogP contribution < -0.4 is 0 Å². The Balaban J connectivity index is 2.39. The van der Waals surface area contributed by atoms with E-state index in [4.69, 9.17) is 0 Å². The number of hydrogen-bond acceptors (Lipinski definition) is 1. The van der Waals surface area contributed by atoms with E-state index in [1.165, 1.54) is 11.1 Å². The number of allylic oxidation sites excluding steroid dienone is 4. The third-order valence-electron chi connectivity index (χ3n) is 2.55. The first-order valence-corrected chi connectivity index (χ1v) is 4.20. The van der Waals surface area contributed by atoms with E-state index in [0.29, 0.717) is 5.78 Å². The van der Waals surface area contributed by atoms with Gasteiger partial charge in [-0.3, -0.25) is 4.79 Å². The predicted molar refractivity (Wildman–Crippen MR) is 44.3 cm³/mol.